The number of benzene rings is 2. The molecule has 0 saturated carbocycles. The Labute approximate surface area is 154 Å². The SMILES string of the molecule is Cc1c(C(=O)O[C@@H](C(=O)N(C)C)c2ccccc2)sc2cccc(F)c12. The number of thiophene rings is 1. The maximum absolute atomic E-state index is 14.1. The first kappa shape index (κ1) is 18.1. The number of carbonyl (C=O) groups is 2. The van der Waals surface area contributed by atoms with Crippen molar-refractivity contribution in [2.45, 2.75) is 13.0 Å². The molecule has 1 amide bonds. The van der Waals surface area contributed by atoms with Crippen molar-refractivity contribution in [2.75, 3.05) is 14.1 Å². The zero-order chi connectivity index (χ0) is 18.8. The summed E-state index contributed by atoms with van der Waals surface area (Å²) < 4.78 is 20.3. The summed E-state index contributed by atoms with van der Waals surface area (Å²) in [6, 6.07) is 13.6. The molecule has 0 aliphatic carbocycles. The van der Waals surface area contributed by atoms with Crippen LogP contribution in [-0.4, -0.2) is 30.9 Å². The summed E-state index contributed by atoms with van der Waals surface area (Å²) in [6.07, 6.45) is -1.05. The standard InChI is InChI=1S/C20H18FNO3S/c1-12-16-14(21)10-7-11-15(16)26-18(12)20(24)25-17(19(23)22(2)3)13-8-5-4-6-9-13/h4-11,17H,1-3H3/t17-/m1/s1. The van der Waals surface area contributed by atoms with Crippen molar-refractivity contribution in [3.63, 3.8) is 0 Å². The average Bonchev–Trinajstić information content (AvgIpc) is 2.97. The van der Waals surface area contributed by atoms with Gasteiger partial charge in [-0.3, -0.25) is 4.79 Å². The Morgan fingerprint density at radius 2 is 1.77 bits per heavy atom. The van der Waals surface area contributed by atoms with Crippen molar-refractivity contribution >= 4 is 33.3 Å². The molecule has 3 aromatic rings. The highest BCUT2D eigenvalue weighted by Gasteiger charge is 2.29. The molecule has 1 atom stereocenters. The number of amides is 1. The van der Waals surface area contributed by atoms with E-state index >= 15 is 0 Å². The van der Waals surface area contributed by atoms with Crippen LogP contribution in [0.5, 0.6) is 0 Å². The van der Waals surface area contributed by atoms with Gasteiger partial charge in [0.25, 0.3) is 5.91 Å². The van der Waals surface area contributed by atoms with Crippen molar-refractivity contribution in [1.82, 2.24) is 4.90 Å². The van der Waals surface area contributed by atoms with Crippen molar-refractivity contribution in [3.8, 4) is 0 Å². The Balaban J connectivity index is 1.97. The van der Waals surface area contributed by atoms with Crippen molar-refractivity contribution in [2.24, 2.45) is 0 Å². The van der Waals surface area contributed by atoms with Gasteiger partial charge in [-0.15, -0.1) is 11.3 Å². The maximum Gasteiger partial charge on any atom is 0.349 e. The molecule has 0 aliphatic heterocycles. The Morgan fingerprint density at radius 3 is 2.38 bits per heavy atom. The Morgan fingerprint density at radius 1 is 1.08 bits per heavy atom. The second-order valence-corrected chi connectivity index (χ2v) is 7.15. The number of ether oxygens (including phenoxy) is 1. The van der Waals surface area contributed by atoms with Gasteiger partial charge in [0.2, 0.25) is 6.10 Å². The van der Waals surface area contributed by atoms with Crippen LogP contribution in [0.4, 0.5) is 4.39 Å². The Kier molecular flexibility index (Phi) is 5.04. The van der Waals surface area contributed by atoms with Gasteiger partial charge in [0, 0.05) is 29.7 Å². The minimum absolute atomic E-state index is 0.303. The molecule has 0 bridgehead atoms. The molecule has 1 heterocycles. The van der Waals surface area contributed by atoms with Crippen molar-refractivity contribution in [1.29, 1.82) is 0 Å². The van der Waals surface area contributed by atoms with Crippen LogP contribution in [0.15, 0.2) is 48.5 Å². The normalized spacial score (nSPS) is 12.0. The van der Waals surface area contributed by atoms with Gasteiger partial charge < -0.3 is 9.64 Å². The first-order chi connectivity index (χ1) is 12.4. The fourth-order valence-corrected chi connectivity index (χ4v) is 3.84. The van der Waals surface area contributed by atoms with Crippen LogP contribution >= 0.6 is 11.3 Å². The number of hydrogen-bond acceptors (Lipinski definition) is 4. The van der Waals surface area contributed by atoms with Crippen LogP contribution in [0.1, 0.15) is 26.9 Å². The minimum atomic E-state index is -1.05. The first-order valence-electron chi connectivity index (χ1n) is 8.05. The lowest BCUT2D eigenvalue weighted by atomic mass is 10.1. The molecule has 0 unspecified atom stereocenters. The second kappa shape index (κ2) is 7.25. The predicted molar refractivity (Wildman–Crippen MR) is 99.8 cm³/mol. The van der Waals surface area contributed by atoms with Crippen LogP contribution in [0.3, 0.4) is 0 Å². The fraction of sp³-hybridized carbons (Fsp3) is 0.200. The van der Waals surface area contributed by atoms with Crippen LogP contribution < -0.4 is 0 Å². The number of hydrogen-bond donors (Lipinski definition) is 0. The number of likely N-dealkylation sites (N-methyl/N-ethyl adjacent to an activating group) is 1. The van der Waals surface area contributed by atoms with Crippen molar-refractivity contribution in [3.05, 3.63) is 70.4 Å². The molecule has 2 aromatic carbocycles. The van der Waals surface area contributed by atoms with E-state index in [4.69, 9.17) is 4.74 Å². The van der Waals surface area contributed by atoms with E-state index in [9.17, 15) is 14.0 Å². The van der Waals surface area contributed by atoms with Crippen LogP contribution in [0, 0.1) is 12.7 Å². The van der Waals surface area contributed by atoms with Crippen LogP contribution in [-0.2, 0) is 9.53 Å². The van der Waals surface area contributed by atoms with Crippen LogP contribution in [0.25, 0.3) is 10.1 Å². The molecule has 3 rings (SSSR count). The zero-order valence-electron chi connectivity index (χ0n) is 14.7. The molecule has 0 spiro atoms. The molecule has 134 valence electrons. The zero-order valence-corrected chi connectivity index (χ0v) is 15.5. The van der Waals surface area contributed by atoms with Gasteiger partial charge in [-0.25, -0.2) is 9.18 Å². The van der Waals surface area contributed by atoms with Gasteiger partial charge in [-0.2, -0.15) is 0 Å². The van der Waals surface area contributed by atoms with E-state index in [0.717, 1.165) is 11.3 Å². The van der Waals surface area contributed by atoms with Crippen LogP contribution in [0.2, 0.25) is 0 Å². The predicted octanol–water partition coefficient (Wildman–Crippen LogP) is 4.34. The number of fused-ring (bicyclic) bond motifs is 1. The maximum atomic E-state index is 14.1. The number of nitrogens with zero attached hydrogens (tertiary/aromatic N) is 1. The van der Waals surface area contributed by atoms with Gasteiger partial charge in [0.05, 0.1) is 0 Å². The lowest BCUT2D eigenvalue weighted by Gasteiger charge is -2.21. The Hall–Kier alpha value is -2.73. The largest absolute Gasteiger partial charge is 0.443 e. The van der Waals surface area contributed by atoms with E-state index < -0.39 is 12.1 Å². The second-order valence-electron chi connectivity index (χ2n) is 6.10. The third kappa shape index (κ3) is 3.32. The first-order valence-corrected chi connectivity index (χ1v) is 8.86. The molecule has 26 heavy (non-hydrogen) atoms. The van der Waals surface area contributed by atoms with E-state index in [0.29, 0.717) is 26.1 Å². The van der Waals surface area contributed by atoms with Crippen molar-refractivity contribution < 1.29 is 18.7 Å². The molecule has 0 aliphatic rings. The van der Waals surface area contributed by atoms with Gasteiger partial charge in [0.1, 0.15) is 10.7 Å². The Bertz CT molecular complexity index is 966. The smallest absolute Gasteiger partial charge is 0.349 e. The summed E-state index contributed by atoms with van der Waals surface area (Å²) in [7, 11) is 3.21. The summed E-state index contributed by atoms with van der Waals surface area (Å²) in [5.41, 5.74) is 1.11. The number of carbonyl (C=O) groups excluding carboxylic acids is 2. The van der Waals surface area contributed by atoms with Gasteiger partial charge in [-0.1, -0.05) is 36.4 Å². The molecular weight excluding hydrogens is 353 g/mol. The highest BCUT2D eigenvalue weighted by molar-refractivity contribution is 7.21. The fourth-order valence-electron chi connectivity index (χ4n) is 2.73. The minimum Gasteiger partial charge on any atom is -0.443 e. The summed E-state index contributed by atoms with van der Waals surface area (Å²) >= 11 is 1.16. The molecule has 4 nitrogen and oxygen atoms in total. The molecule has 0 fully saturated rings. The molecule has 1 aromatic heterocycles. The number of rotatable bonds is 4. The van der Waals surface area contributed by atoms with E-state index in [1.165, 1.54) is 11.0 Å². The van der Waals surface area contributed by atoms with Gasteiger partial charge in [0.15, 0.2) is 0 Å². The quantitative estimate of drug-likeness (QED) is 0.641. The topological polar surface area (TPSA) is 46.6 Å². The van der Waals surface area contributed by atoms with E-state index in [2.05, 4.69) is 0 Å². The third-order valence-corrected chi connectivity index (χ3v) is 5.32. The van der Waals surface area contributed by atoms with E-state index in [1.807, 2.05) is 6.07 Å². The molecular formula is C20H18FNO3S. The number of halogens is 1. The average molecular weight is 371 g/mol. The molecule has 0 radical (unpaired) electrons. The molecule has 6 heteroatoms. The highest BCUT2D eigenvalue weighted by Crippen LogP contribution is 2.34. The summed E-state index contributed by atoms with van der Waals surface area (Å²) in [6.45, 7) is 1.68. The molecule has 0 N–H and O–H groups in total. The summed E-state index contributed by atoms with van der Waals surface area (Å²) in [5, 5.41) is 0.416. The number of esters is 1. The lowest BCUT2D eigenvalue weighted by molar-refractivity contribution is -0.138. The highest BCUT2D eigenvalue weighted by atomic mass is 32.1. The monoisotopic (exact) mass is 371 g/mol. The summed E-state index contributed by atoms with van der Waals surface area (Å²) in [5.74, 6) is -1.35. The molecule has 0 saturated heterocycles. The van der Waals surface area contributed by atoms with Gasteiger partial charge in [-0.05, 0) is 24.6 Å². The summed E-state index contributed by atoms with van der Waals surface area (Å²) in [4.78, 5) is 26.9. The van der Waals surface area contributed by atoms with E-state index in [-0.39, 0.29) is 11.7 Å². The lowest BCUT2D eigenvalue weighted by Crippen LogP contribution is -2.31. The third-order valence-electron chi connectivity index (χ3n) is 4.08. The van der Waals surface area contributed by atoms with Gasteiger partial charge >= 0.3 is 5.97 Å². The number of aryl methyl sites for hydroxylation is 1. The van der Waals surface area contributed by atoms with E-state index in [1.54, 1.807) is 57.4 Å².